The molecule has 1 nitrogen and oxygen atoms in total. The van der Waals surface area contributed by atoms with Crippen molar-refractivity contribution in [3.8, 4) is 0 Å². The summed E-state index contributed by atoms with van der Waals surface area (Å²) in [5.74, 6) is -2.05. The van der Waals surface area contributed by atoms with Gasteiger partial charge in [-0.1, -0.05) is 13.8 Å². The Morgan fingerprint density at radius 3 is 2.26 bits per heavy atom. The van der Waals surface area contributed by atoms with Crippen LogP contribution >= 0.6 is 0 Å². The molecule has 0 heterocycles. The van der Waals surface area contributed by atoms with Gasteiger partial charge in [-0.25, -0.2) is 13.2 Å². The van der Waals surface area contributed by atoms with E-state index in [9.17, 15) is 13.2 Å². The van der Waals surface area contributed by atoms with E-state index >= 15 is 0 Å². The van der Waals surface area contributed by atoms with Gasteiger partial charge in [-0.2, -0.15) is 0 Å². The van der Waals surface area contributed by atoms with Crippen LogP contribution in [0.1, 0.15) is 38.7 Å². The standard InChI is InChI=1S/C15H22F3N/c1-3-7-19-8-6-11(2)4-5-13-14(17)9-12(16)10-15(13)18/h9-11,19H,3-8H2,1-2H3. The lowest BCUT2D eigenvalue weighted by Crippen LogP contribution is -2.18. The molecule has 1 aromatic rings. The van der Waals surface area contributed by atoms with Crippen LogP contribution in [-0.4, -0.2) is 13.1 Å². The Kier molecular flexibility index (Phi) is 6.92. The summed E-state index contributed by atoms with van der Waals surface area (Å²) in [6.45, 7) is 6.08. The first-order valence-corrected chi connectivity index (χ1v) is 6.88. The molecule has 1 rings (SSSR count). The first kappa shape index (κ1) is 16.0. The lowest BCUT2D eigenvalue weighted by molar-refractivity contribution is 0.454. The van der Waals surface area contributed by atoms with Crippen molar-refractivity contribution in [2.75, 3.05) is 13.1 Å². The van der Waals surface area contributed by atoms with Crippen LogP contribution < -0.4 is 5.32 Å². The van der Waals surface area contributed by atoms with Gasteiger partial charge in [-0.15, -0.1) is 0 Å². The number of rotatable bonds is 8. The lowest BCUT2D eigenvalue weighted by Gasteiger charge is -2.12. The fraction of sp³-hybridized carbons (Fsp3) is 0.600. The minimum atomic E-state index is -0.865. The summed E-state index contributed by atoms with van der Waals surface area (Å²) >= 11 is 0. The second-order valence-corrected chi connectivity index (χ2v) is 5.03. The maximum Gasteiger partial charge on any atom is 0.132 e. The second kappa shape index (κ2) is 8.20. The van der Waals surface area contributed by atoms with E-state index in [0.717, 1.165) is 38.1 Å². The molecule has 108 valence electrons. The Bertz CT molecular complexity index is 370. The quantitative estimate of drug-likeness (QED) is 0.704. The van der Waals surface area contributed by atoms with Gasteiger partial charge in [0.05, 0.1) is 0 Å². The second-order valence-electron chi connectivity index (χ2n) is 5.03. The van der Waals surface area contributed by atoms with Crippen molar-refractivity contribution in [3.05, 3.63) is 35.1 Å². The number of benzene rings is 1. The minimum Gasteiger partial charge on any atom is -0.317 e. The van der Waals surface area contributed by atoms with Crippen LogP contribution in [0, 0.1) is 23.4 Å². The zero-order valence-corrected chi connectivity index (χ0v) is 11.6. The average molecular weight is 273 g/mol. The van der Waals surface area contributed by atoms with Crippen LogP contribution in [0.5, 0.6) is 0 Å². The van der Waals surface area contributed by atoms with Gasteiger partial charge in [0.1, 0.15) is 17.5 Å². The molecular formula is C15H22F3N. The van der Waals surface area contributed by atoms with Crippen molar-refractivity contribution in [1.82, 2.24) is 5.32 Å². The van der Waals surface area contributed by atoms with Crippen molar-refractivity contribution < 1.29 is 13.2 Å². The molecule has 1 atom stereocenters. The van der Waals surface area contributed by atoms with E-state index in [1.165, 1.54) is 0 Å². The molecule has 0 saturated carbocycles. The molecular weight excluding hydrogens is 251 g/mol. The van der Waals surface area contributed by atoms with Crippen molar-refractivity contribution in [3.63, 3.8) is 0 Å². The van der Waals surface area contributed by atoms with Crippen molar-refractivity contribution in [2.45, 2.75) is 39.5 Å². The van der Waals surface area contributed by atoms with Gasteiger partial charge in [0, 0.05) is 17.7 Å². The molecule has 0 fully saturated rings. The Hall–Kier alpha value is -1.03. The molecule has 1 unspecified atom stereocenters. The number of hydrogen-bond acceptors (Lipinski definition) is 1. The monoisotopic (exact) mass is 273 g/mol. The number of nitrogens with one attached hydrogen (secondary N) is 1. The van der Waals surface area contributed by atoms with Gasteiger partial charge in [-0.05, 0) is 44.7 Å². The van der Waals surface area contributed by atoms with Gasteiger partial charge < -0.3 is 5.32 Å². The fourth-order valence-corrected chi connectivity index (χ4v) is 2.00. The molecule has 19 heavy (non-hydrogen) atoms. The molecule has 1 aromatic carbocycles. The largest absolute Gasteiger partial charge is 0.317 e. The van der Waals surface area contributed by atoms with Gasteiger partial charge in [-0.3, -0.25) is 0 Å². The molecule has 0 spiro atoms. The third kappa shape index (κ3) is 5.64. The first-order valence-electron chi connectivity index (χ1n) is 6.88. The SMILES string of the molecule is CCCNCCC(C)CCc1c(F)cc(F)cc1F. The van der Waals surface area contributed by atoms with Crippen LogP contribution in [0.15, 0.2) is 12.1 Å². The number of hydrogen-bond donors (Lipinski definition) is 1. The molecule has 4 heteroatoms. The van der Waals surface area contributed by atoms with Crippen LogP contribution in [0.3, 0.4) is 0 Å². The fourth-order valence-electron chi connectivity index (χ4n) is 2.00. The summed E-state index contributed by atoms with van der Waals surface area (Å²) in [4.78, 5) is 0. The van der Waals surface area contributed by atoms with Gasteiger partial charge in [0.2, 0.25) is 0 Å². The molecule has 0 saturated heterocycles. The normalized spacial score (nSPS) is 12.7. The van der Waals surface area contributed by atoms with Crippen molar-refractivity contribution in [2.24, 2.45) is 5.92 Å². The van der Waals surface area contributed by atoms with E-state index in [1.807, 2.05) is 0 Å². The van der Waals surface area contributed by atoms with E-state index in [0.29, 0.717) is 18.8 Å². The molecule has 0 radical (unpaired) electrons. The highest BCUT2D eigenvalue weighted by Crippen LogP contribution is 2.19. The molecule has 0 bridgehead atoms. The summed E-state index contributed by atoms with van der Waals surface area (Å²) in [5.41, 5.74) is -0.00485. The maximum atomic E-state index is 13.4. The minimum absolute atomic E-state index is 0.00485. The molecule has 0 aliphatic heterocycles. The Morgan fingerprint density at radius 1 is 1.05 bits per heavy atom. The zero-order chi connectivity index (χ0) is 14.3. The van der Waals surface area contributed by atoms with Crippen molar-refractivity contribution >= 4 is 0 Å². The zero-order valence-electron chi connectivity index (χ0n) is 11.6. The van der Waals surface area contributed by atoms with E-state index in [4.69, 9.17) is 0 Å². The Balaban J connectivity index is 2.40. The van der Waals surface area contributed by atoms with Gasteiger partial charge in [0.15, 0.2) is 0 Å². The van der Waals surface area contributed by atoms with E-state index in [2.05, 4.69) is 19.2 Å². The summed E-state index contributed by atoms with van der Waals surface area (Å²) < 4.78 is 39.6. The van der Waals surface area contributed by atoms with Crippen LogP contribution in [0.25, 0.3) is 0 Å². The molecule has 1 N–H and O–H groups in total. The predicted molar refractivity (Wildman–Crippen MR) is 71.6 cm³/mol. The molecule has 0 amide bonds. The van der Waals surface area contributed by atoms with Crippen LogP contribution in [0.4, 0.5) is 13.2 Å². The summed E-state index contributed by atoms with van der Waals surface area (Å²) in [6, 6.07) is 1.48. The molecule has 0 aromatic heterocycles. The Labute approximate surface area is 113 Å². The summed E-state index contributed by atoms with van der Waals surface area (Å²) in [6.07, 6.45) is 3.09. The highest BCUT2D eigenvalue weighted by atomic mass is 19.1. The number of halogens is 3. The summed E-state index contributed by atoms with van der Waals surface area (Å²) in [5, 5.41) is 3.30. The maximum absolute atomic E-state index is 13.4. The van der Waals surface area contributed by atoms with Gasteiger partial charge in [0.25, 0.3) is 0 Å². The smallest absolute Gasteiger partial charge is 0.132 e. The average Bonchev–Trinajstić information content (AvgIpc) is 2.33. The molecule has 0 aliphatic rings. The Morgan fingerprint density at radius 2 is 1.68 bits per heavy atom. The molecule has 0 aliphatic carbocycles. The topological polar surface area (TPSA) is 12.0 Å². The first-order chi connectivity index (χ1) is 9.04. The van der Waals surface area contributed by atoms with E-state index in [-0.39, 0.29) is 5.56 Å². The van der Waals surface area contributed by atoms with E-state index in [1.54, 1.807) is 0 Å². The highest BCUT2D eigenvalue weighted by Gasteiger charge is 2.12. The third-order valence-corrected chi connectivity index (χ3v) is 3.23. The summed E-state index contributed by atoms with van der Waals surface area (Å²) in [7, 11) is 0. The van der Waals surface area contributed by atoms with E-state index < -0.39 is 17.5 Å². The van der Waals surface area contributed by atoms with Crippen LogP contribution in [0.2, 0.25) is 0 Å². The van der Waals surface area contributed by atoms with Gasteiger partial charge >= 0.3 is 0 Å². The third-order valence-electron chi connectivity index (χ3n) is 3.23. The van der Waals surface area contributed by atoms with Crippen LogP contribution in [-0.2, 0) is 6.42 Å². The lowest BCUT2D eigenvalue weighted by atomic mass is 9.97. The van der Waals surface area contributed by atoms with Crippen molar-refractivity contribution in [1.29, 1.82) is 0 Å². The highest BCUT2D eigenvalue weighted by molar-refractivity contribution is 5.20. The predicted octanol–water partition coefficient (Wildman–Crippen LogP) is 4.06.